The Morgan fingerprint density at radius 2 is 1.79 bits per heavy atom. The minimum absolute atomic E-state index is 0.00180. The molecule has 0 radical (unpaired) electrons. The average molecular weight is 458 g/mol. The van der Waals surface area contributed by atoms with Gasteiger partial charge >= 0.3 is 5.69 Å². The molecule has 1 aromatic heterocycles. The second-order valence-corrected chi connectivity index (χ2v) is 8.52. The molecule has 2 aromatic rings. The molecule has 0 bridgehead atoms. The summed E-state index contributed by atoms with van der Waals surface area (Å²) in [5.41, 5.74) is 5.99. The molecule has 8 nitrogen and oxygen atoms in total. The van der Waals surface area contributed by atoms with E-state index in [9.17, 15) is 14.4 Å². The van der Waals surface area contributed by atoms with Gasteiger partial charge in [0, 0.05) is 12.6 Å². The van der Waals surface area contributed by atoms with Gasteiger partial charge in [-0.1, -0.05) is 63.4 Å². The van der Waals surface area contributed by atoms with E-state index in [0.717, 1.165) is 44.2 Å². The van der Waals surface area contributed by atoms with Gasteiger partial charge in [-0.2, -0.15) is 0 Å². The Kier molecular flexibility index (Phi) is 10.4. The number of unbranched alkanes of at least 4 members (excludes halogenated alkanes) is 2. The molecule has 0 saturated heterocycles. The van der Waals surface area contributed by atoms with Crippen LogP contribution >= 0.6 is 0 Å². The third-order valence-corrected chi connectivity index (χ3v) is 6.00. The van der Waals surface area contributed by atoms with Crippen LogP contribution in [0.3, 0.4) is 0 Å². The number of nitrogens with one attached hydrogen (secondary N) is 1. The van der Waals surface area contributed by atoms with Crippen molar-refractivity contribution in [1.82, 2.24) is 14.5 Å². The molecule has 1 aromatic carbocycles. The Labute approximate surface area is 196 Å². The number of nitrogen functional groups attached to an aromatic ring is 1. The zero-order valence-electron chi connectivity index (χ0n) is 20.5. The first-order chi connectivity index (χ1) is 15.8. The van der Waals surface area contributed by atoms with Crippen LogP contribution in [0.2, 0.25) is 0 Å². The van der Waals surface area contributed by atoms with E-state index in [4.69, 9.17) is 5.73 Å². The van der Waals surface area contributed by atoms with E-state index in [0.29, 0.717) is 0 Å². The monoisotopic (exact) mass is 457 g/mol. The van der Waals surface area contributed by atoms with E-state index in [1.165, 1.54) is 9.47 Å². The number of amides is 1. The summed E-state index contributed by atoms with van der Waals surface area (Å²) in [6.07, 6.45) is 5.27. The fourth-order valence-electron chi connectivity index (χ4n) is 4.10. The van der Waals surface area contributed by atoms with E-state index < -0.39 is 11.2 Å². The van der Waals surface area contributed by atoms with Crippen molar-refractivity contribution in [2.75, 3.05) is 30.3 Å². The topological polar surface area (TPSA) is 104 Å². The standard InChI is InChI=1S/C25H39N5O3/c1-5-8-12-16-28(19(4)13-6-2)18-21(31)29(7-3)22-23(26)30(25(33)27-24(22)32)17-20-14-10-9-11-15-20/h9-11,14-15,19H,5-8,12-13,16-18,26H2,1-4H3,(H,27,32,33)/t19-/m1/s1. The second-order valence-electron chi connectivity index (χ2n) is 8.52. The quantitative estimate of drug-likeness (QED) is 0.450. The summed E-state index contributed by atoms with van der Waals surface area (Å²) in [5, 5.41) is 0. The zero-order chi connectivity index (χ0) is 24.4. The number of aromatic amines is 1. The fraction of sp³-hybridized carbons (Fsp3) is 0.560. The molecule has 182 valence electrons. The van der Waals surface area contributed by atoms with Gasteiger partial charge in [0.05, 0.1) is 13.1 Å². The van der Waals surface area contributed by atoms with Crippen LogP contribution in [0.1, 0.15) is 65.4 Å². The molecule has 1 heterocycles. The highest BCUT2D eigenvalue weighted by atomic mass is 16.2. The summed E-state index contributed by atoms with van der Waals surface area (Å²) < 4.78 is 1.31. The summed E-state index contributed by atoms with van der Waals surface area (Å²) in [6.45, 7) is 9.76. The van der Waals surface area contributed by atoms with Crippen molar-refractivity contribution in [2.45, 2.75) is 72.4 Å². The average Bonchev–Trinajstić information content (AvgIpc) is 2.79. The highest BCUT2D eigenvalue weighted by Gasteiger charge is 2.26. The maximum atomic E-state index is 13.4. The molecule has 1 amide bonds. The molecule has 0 aliphatic rings. The third-order valence-electron chi connectivity index (χ3n) is 6.00. The molecule has 0 fully saturated rings. The highest BCUT2D eigenvalue weighted by molar-refractivity contribution is 5.96. The first kappa shape index (κ1) is 26.4. The second kappa shape index (κ2) is 13.0. The van der Waals surface area contributed by atoms with Crippen LogP contribution in [0.4, 0.5) is 11.5 Å². The van der Waals surface area contributed by atoms with E-state index >= 15 is 0 Å². The lowest BCUT2D eigenvalue weighted by atomic mass is 10.1. The smallest absolute Gasteiger partial charge is 0.330 e. The summed E-state index contributed by atoms with van der Waals surface area (Å²) in [6, 6.07) is 9.64. The van der Waals surface area contributed by atoms with Crippen molar-refractivity contribution >= 4 is 17.4 Å². The SMILES string of the molecule is CCCCCN(CC(=O)N(CC)c1c(N)n(Cc2ccccc2)c(=O)[nH]c1=O)[C@H](C)CCC. The van der Waals surface area contributed by atoms with Crippen LogP contribution in [0.15, 0.2) is 39.9 Å². The summed E-state index contributed by atoms with van der Waals surface area (Å²) in [7, 11) is 0. The van der Waals surface area contributed by atoms with Gasteiger partial charge in [0.2, 0.25) is 5.91 Å². The lowest BCUT2D eigenvalue weighted by Crippen LogP contribution is -2.47. The van der Waals surface area contributed by atoms with Gasteiger partial charge in [-0.3, -0.25) is 24.0 Å². The van der Waals surface area contributed by atoms with Crippen molar-refractivity contribution in [2.24, 2.45) is 0 Å². The normalized spacial score (nSPS) is 12.2. The summed E-state index contributed by atoms with van der Waals surface area (Å²) in [4.78, 5) is 44.6. The lowest BCUT2D eigenvalue weighted by Gasteiger charge is -2.31. The molecule has 0 saturated carbocycles. The lowest BCUT2D eigenvalue weighted by molar-refractivity contribution is -0.120. The van der Waals surface area contributed by atoms with Crippen LogP contribution < -0.4 is 21.9 Å². The van der Waals surface area contributed by atoms with Gasteiger partial charge < -0.3 is 10.6 Å². The van der Waals surface area contributed by atoms with E-state index in [1.807, 2.05) is 30.3 Å². The van der Waals surface area contributed by atoms with E-state index in [2.05, 4.69) is 30.7 Å². The predicted octanol–water partition coefficient (Wildman–Crippen LogP) is 3.20. The highest BCUT2D eigenvalue weighted by Crippen LogP contribution is 2.19. The number of nitrogens with zero attached hydrogens (tertiary/aromatic N) is 3. The largest absolute Gasteiger partial charge is 0.383 e. The molecule has 3 N–H and O–H groups in total. The van der Waals surface area contributed by atoms with Gasteiger partial charge in [-0.15, -0.1) is 0 Å². The Balaban J connectivity index is 2.35. The number of nitrogens with two attached hydrogens (primary N) is 1. The number of aromatic nitrogens is 2. The molecule has 8 heteroatoms. The number of anilines is 2. The predicted molar refractivity (Wildman–Crippen MR) is 135 cm³/mol. The number of hydrogen-bond donors (Lipinski definition) is 2. The Hall–Kier alpha value is -2.87. The van der Waals surface area contributed by atoms with Gasteiger partial charge in [-0.05, 0) is 38.8 Å². The number of carbonyl (C=O) groups excluding carboxylic acids is 1. The third kappa shape index (κ3) is 7.05. The first-order valence-electron chi connectivity index (χ1n) is 12.0. The van der Waals surface area contributed by atoms with E-state index in [1.54, 1.807) is 6.92 Å². The fourth-order valence-corrected chi connectivity index (χ4v) is 4.10. The number of likely N-dealkylation sites (N-methyl/N-ethyl adjacent to an activating group) is 1. The van der Waals surface area contributed by atoms with Crippen LogP contribution in [0, 0.1) is 0 Å². The van der Waals surface area contributed by atoms with Gasteiger partial charge in [0.15, 0.2) is 5.69 Å². The maximum Gasteiger partial charge on any atom is 0.330 e. The first-order valence-corrected chi connectivity index (χ1v) is 12.0. The van der Waals surface area contributed by atoms with Gasteiger partial charge in [0.25, 0.3) is 5.56 Å². The Bertz CT molecular complexity index is 999. The molecule has 1 atom stereocenters. The van der Waals surface area contributed by atoms with Crippen LogP contribution in [0.5, 0.6) is 0 Å². The molecule has 0 aliphatic heterocycles. The molecule has 0 unspecified atom stereocenters. The van der Waals surface area contributed by atoms with Crippen molar-refractivity contribution < 1.29 is 4.79 Å². The zero-order valence-corrected chi connectivity index (χ0v) is 20.5. The number of hydrogen-bond acceptors (Lipinski definition) is 5. The van der Waals surface area contributed by atoms with Crippen molar-refractivity contribution in [1.29, 1.82) is 0 Å². The Morgan fingerprint density at radius 1 is 1.09 bits per heavy atom. The molecular weight excluding hydrogens is 418 g/mol. The number of benzene rings is 1. The molecule has 2 rings (SSSR count). The number of carbonyl (C=O) groups is 1. The van der Waals surface area contributed by atoms with Crippen molar-refractivity contribution in [3.8, 4) is 0 Å². The summed E-state index contributed by atoms with van der Waals surface area (Å²) in [5.74, 6) is -0.194. The van der Waals surface area contributed by atoms with Crippen molar-refractivity contribution in [3.63, 3.8) is 0 Å². The Morgan fingerprint density at radius 3 is 2.39 bits per heavy atom. The minimum Gasteiger partial charge on any atom is -0.383 e. The number of rotatable bonds is 13. The van der Waals surface area contributed by atoms with Crippen LogP contribution in [0.25, 0.3) is 0 Å². The number of H-pyrrole nitrogens is 1. The van der Waals surface area contributed by atoms with Crippen LogP contribution in [-0.4, -0.2) is 46.0 Å². The van der Waals surface area contributed by atoms with Gasteiger partial charge in [-0.25, -0.2) is 4.79 Å². The molecule has 0 spiro atoms. The molecule has 33 heavy (non-hydrogen) atoms. The van der Waals surface area contributed by atoms with Crippen molar-refractivity contribution in [3.05, 3.63) is 56.7 Å². The van der Waals surface area contributed by atoms with E-state index in [-0.39, 0.29) is 43.1 Å². The van der Waals surface area contributed by atoms with Gasteiger partial charge in [0.1, 0.15) is 5.82 Å². The van der Waals surface area contributed by atoms with Crippen LogP contribution in [-0.2, 0) is 11.3 Å². The molecular formula is C25H39N5O3. The minimum atomic E-state index is -0.642. The molecule has 0 aliphatic carbocycles. The summed E-state index contributed by atoms with van der Waals surface area (Å²) >= 11 is 0. The maximum absolute atomic E-state index is 13.4.